The van der Waals surface area contributed by atoms with Gasteiger partial charge in [0.2, 0.25) is 5.79 Å². The molecule has 0 radical (unpaired) electrons. The molecule has 1 aliphatic rings. The minimum atomic E-state index is -1.76. The summed E-state index contributed by atoms with van der Waals surface area (Å²) in [6.45, 7) is 1.79. The molecule has 0 spiro atoms. The van der Waals surface area contributed by atoms with Crippen molar-refractivity contribution in [2.24, 2.45) is 0 Å². The molecule has 0 aromatic heterocycles. The zero-order valence-corrected chi connectivity index (χ0v) is 10.1. The second-order valence-corrected chi connectivity index (χ2v) is 4.73. The van der Waals surface area contributed by atoms with Gasteiger partial charge in [-0.25, -0.2) is 0 Å². The predicted molar refractivity (Wildman–Crippen MR) is 61.9 cm³/mol. The van der Waals surface area contributed by atoms with E-state index in [1.54, 1.807) is 25.1 Å². The Balaban J connectivity index is 2.47. The van der Waals surface area contributed by atoms with Gasteiger partial charge in [-0.3, -0.25) is 4.79 Å². The maximum atomic E-state index is 10.8. The third-order valence-corrected chi connectivity index (χ3v) is 3.02. The van der Waals surface area contributed by atoms with Crippen LogP contribution in [0.3, 0.4) is 0 Å². The van der Waals surface area contributed by atoms with E-state index in [0.29, 0.717) is 17.0 Å². The first-order chi connectivity index (χ1) is 7.90. The fourth-order valence-electron chi connectivity index (χ4n) is 2.20. The summed E-state index contributed by atoms with van der Waals surface area (Å²) in [5.74, 6) is -2.87. The topological polar surface area (TPSA) is 66.8 Å². The second-order valence-electron chi connectivity index (χ2n) is 4.29. The number of ether oxygens (including phenoxy) is 1. The number of benzene rings is 1. The van der Waals surface area contributed by atoms with E-state index >= 15 is 0 Å². The average Bonchev–Trinajstić information content (AvgIpc) is 2.13. The molecule has 1 aromatic rings. The van der Waals surface area contributed by atoms with Gasteiger partial charge in [-0.1, -0.05) is 17.7 Å². The fourth-order valence-corrected chi connectivity index (χ4v) is 2.40. The Labute approximate surface area is 104 Å². The molecule has 0 fully saturated rings. The van der Waals surface area contributed by atoms with E-state index < -0.39 is 18.2 Å². The number of hydrogen-bond donors (Lipinski definition) is 2. The molecule has 2 rings (SSSR count). The molecule has 5 heteroatoms. The predicted octanol–water partition coefficient (Wildman–Crippen LogP) is 1.92. The van der Waals surface area contributed by atoms with E-state index in [-0.39, 0.29) is 6.10 Å². The maximum absolute atomic E-state index is 10.8. The van der Waals surface area contributed by atoms with Crippen LogP contribution in [-0.2, 0) is 21.7 Å². The van der Waals surface area contributed by atoms with Crippen molar-refractivity contribution in [1.82, 2.24) is 0 Å². The molecule has 1 aliphatic heterocycles. The van der Waals surface area contributed by atoms with Crippen LogP contribution in [0.4, 0.5) is 0 Å². The quantitative estimate of drug-likeness (QED) is 0.848. The van der Waals surface area contributed by atoms with Gasteiger partial charge in [-0.2, -0.15) is 0 Å². The number of aliphatic carboxylic acids is 1. The molecule has 1 heterocycles. The van der Waals surface area contributed by atoms with Gasteiger partial charge in [0, 0.05) is 10.6 Å². The highest BCUT2D eigenvalue weighted by Crippen LogP contribution is 2.37. The van der Waals surface area contributed by atoms with Gasteiger partial charge in [0.1, 0.15) is 6.42 Å². The Morgan fingerprint density at radius 2 is 2.35 bits per heavy atom. The SMILES string of the molecule is C[C@@H]1Cc2cc(Cl)ccc2C(O)(CC(=O)O)O1. The fraction of sp³-hybridized carbons (Fsp3) is 0.417. The standard InChI is InChI=1S/C12H13ClO4/c1-7-4-8-5-9(13)2-3-10(8)12(16,17-7)6-11(14)15/h2-3,5,7,16H,4,6H2,1H3,(H,14,15)/t7-,12?/m1/s1. The zero-order valence-electron chi connectivity index (χ0n) is 9.31. The van der Waals surface area contributed by atoms with Gasteiger partial charge in [0.25, 0.3) is 0 Å². The van der Waals surface area contributed by atoms with Crippen LogP contribution < -0.4 is 0 Å². The third kappa shape index (κ3) is 2.44. The minimum Gasteiger partial charge on any atom is -0.481 e. The third-order valence-electron chi connectivity index (χ3n) is 2.78. The van der Waals surface area contributed by atoms with Crippen molar-refractivity contribution in [3.05, 3.63) is 34.3 Å². The summed E-state index contributed by atoms with van der Waals surface area (Å²) in [6, 6.07) is 4.97. The van der Waals surface area contributed by atoms with Crippen LogP contribution in [0, 0.1) is 0 Å². The van der Waals surface area contributed by atoms with Gasteiger partial charge in [-0.15, -0.1) is 0 Å². The average molecular weight is 257 g/mol. The number of carbonyl (C=O) groups is 1. The van der Waals surface area contributed by atoms with E-state index in [4.69, 9.17) is 21.4 Å². The molecule has 1 aromatic carbocycles. The Bertz CT molecular complexity index is 460. The lowest BCUT2D eigenvalue weighted by molar-refractivity contribution is -0.247. The molecule has 2 atom stereocenters. The number of hydrogen-bond acceptors (Lipinski definition) is 3. The largest absolute Gasteiger partial charge is 0.481 e. The van der Waals surface area contributed by atoms with Crippen molar-refractivity contribution in [3.8, 4) is 0 Å². The molecular weight excluding hydrogens is 244 g/mol. The lowest BCUT2D eigenvalue weighted by Crippen LogP contribution is -2.41. The highest BCUT2D eigenvalue weighted by Gasteiger charge is 2.40. The van der Waals surface area contributed by atoms with Crippen LogP contribution >= 0.6 is 11.6 Å². The van der Waals surface area contributed by atoms with Crippen molar-refractivity contribution in [3.63, 3.8) is 0 Å². The maximum Gasteiger partial charge on any atom is 0.309 e. The highest BCUT2D eigenvalue weighted by molar-refractivity contribution is 6.30. The molecule has 17 heavy (non-hydrogen) atoms. The monoisotopic (exact) mass is 256 g/mol. The Hall–Kier alpha value is -1.10. The first-order valence-electron chi connectivity index (χ1n) is 5.31. The Kier molecular flexibility index (Phi) is 3.12. The summed E-state index contributed by atoms with van der Waals surface area (Å²) >= 11 is 5.88. The van der Waals surface area contributed by atoms with Gasteiger partial charge >= 0.3 is 5.97 Å². The molecule has 0 bridgehead atoms. The van der Waals surface area contributed by atoms with Gasteiger partial charge in [0.05, 0.1) is 6.10 Å². The summed E-state index contributed by atoms with van der Waals surface area (Å²) in [4.78, 5) is 10.8. The van der Waals surface area contributed by atoms with Crippen molar-refractivity contribution >= 4 is 17.6 Å². The summed E-state index contributed by atoms with van der Waals surface area (Å²) in [5.41, 5.74) is 1.32. The van der Waals surface area contributed by atoms with E-state index in [2.05, 4.69) is 0 Å². The summed E-state index contributed by atoms with van der Waals surface area (Å²) in [5, 5.41) is 19.7. The van der Waals surface area contributed by atoms with Crippen LogP contribution in [0.25, 0.3) is 0 Å². The molecule has 0 amide bonds. The smallest absolute Gasteiger partial charge is 0.309 e. The van der Waals surface area contributed by atoms with Crippen molar-refractivity contribution in [1.29, 1.82) is 0 Å². The molecule has 92 valence electrons. The molecule has 1 unspecified atom stereocenters. The zero-order chi connectivity index (χ0) is 12.6. The van der Waals surface area contributed by atoms with Gasteiger partial charge in [0.15, 0.2) is 0 Å². The number of halogens is 1. The normalized spacial score (nSPS) is 27.6. The van der Waals surface area contributed by atoms with E-state index in [1.807, 2.05) is 0 Å². The van der Waals surface area contributed by atoms with E-state index in [1.165, 1.54) is 0 Å². The summed E-state index contributed by atoms with van der Waals surface area (Å²) in [7, 11) is 0. The number of carboxylic acid groups (broad SMARTS) is 1. The number of aliphatic hydroxyl groups is 1. The lowest BCUT2D eigenvalue weighted by atomic mass is 9.90. The first kappa shape index (κ1) is 12.4. The minimum absolute atomic E-state index is 0.245. The summed E-state index contributed by atoms with van der Waals surface area (Å²) < 4.78 is 5.38. The van der Waals surface area contributed by atoms with Crippen LogP contribution in [-0.4, -0.2) is 22.3 Å². The van der Waals surface area contributed by atoms with Crippen molar-refractivity contribution in [2.45, 2.75) is 31.7 Å². The molecule has 4 nitrogen and oxygen atoms in total. The van der Waals surface area contributed by atoms with Crippen LogP contribution in [0.2, 0.25) is 5.02 Å². The Morgan fingerprint density at radius 3 is 3.00 bits per heavy atom. The highest BCUT2D eigenvalue weighted by atomic mass is 35.5. The van der Waals surface area contributed by atoms with E-state index in [0.717, 1.165) is 5.56 Å². The number of rotatable bonds is 2. The lowest BCUT2D eigenvalue weighted by Gasteiger charge is -2.36. The molecular formula is C12H13ClO4. The van der Waals surface area contributed by atoms with Crippen LogP contribution in [0.1, 0.15) is 24.5 Å². The number of carboxylic acids is 1. The number of fused-ring (bicyclic) bond motifs is 1. The van der Waals surface area contributed by atoms with Crippen LogP contribution in [0.15, 0.2) is 18.2 Å². The van der Waals surface area contributed by atoms with E-state index in [9.17, 15) is 9.90 Å². The van der Waals surface area contributed by atoms with Crippen molar-refractivity contribution in [2.75, 3.05) is 0 Å². The molecule has 0 aliphatic carbocycles. The second kappa shape index (κ2) is 4.29. The molecule has 2 N–H and O–H groups in total. The van der Waals surface area contributed by atoms with Gasteiger partial charge < -0.3 is 14.9 Å². The van der Waals surface area contributed by atoms with Crippen LogP contribution in [0.5, 0.6) is 0 Å². The molecule has 0 saturated heterocycles. The van der Waals surface area contributed by atoms with Crippen molar-refractivity contribution < 1.29 is 19.7 Å². The van der Waals surface area contributed by atoms with Gasteiger partial charge in [-0.05, 0) is 31.0 Å². The summed E-state index contributed by atoms with van der Waals surface area (Å²) in [6.07, 6.45) is -0.116. The first-order valence-corrected chi connectivity index (χ1v) is 5.69. The molecule has 0 saturated carbocycles. The Morgan fingerprint density at radius 1 is 1.65 bits per heavy atom.